The highest BCUT2D eigenvalue weighted by molar-refractivity contribution is 5.76. The van der Waals surface area contributed by atoms with Gasteiger partial charge in [-0.15, -0.1) is 0 Å². The molecule has 0 heterocycles. The van der Waals surface area contributed by atoms with Gasteiger partial charge in [-0.2, -0.15) is 0 Å². The Morgan fingerprint density at radius 2 is 1.68 bits per heavy atom. The Kier molecular flexibility index (Phi) is 6.10. The number of hydrogen-bond acceptors (Lipinski definition) is 3. The van der Waals surface area contributed by atoms with E-state index in [-0.39, 0.29) is 5.91 Å². The number of amides is 1. The molecule has 1 aromatic rings. The van der Waals surface area contributed by atoms with Crippen LogP contribution in [0.4, 0.5) is 0 Å². The SMILES string of the molecule is COc1cc(CCC(=O)N(C)C2CCCCC2)cc(OC)c1. The maximum atomic E-state index is 12.4. The number of carbonyl (C=O) groups is 1. The molecule has 0 spiro atoms. The second-order valence-electron chi connectivity index (χ2n) is 6.02. The van der Waals surface area contributed by atoms with Crippen molar-refractivity contribution in [1.29, 1.82) is 0 Å². The molecular formula is C18H27NO3. The number of carbonyl (C=O) groups excluding carboxylic acids is 1. The van der Waals surface area contributed by atoms with Crippen LogP contribution in [-0.4, -0.2) is 38.1 Å². The lowest BCUT2D eigenvalue weighted by molar-refractivity contribution is -0.132. The Labute approximate surface area is 133 Å². The van der Waals surface area contributed by atoms with E-state index in [2.05, 4.69) is 0 Å². The molecule has 1 saturated carbocycles. The molecule has 2 rings (SSSR count). The van der Waals surface area contributed by atoms with Crippen molar-refractivity contribution in [2.75, 3.05) is 21.3 Å². The van der Waals surface area contributed by atoms with Crippen LogP contribution in [0.25, 0.3) is 0 Å². The second kappa shape index (κ2) is 8.06. The second-order valence-corrected chi connectivity index (χ2v) is 6.02. The Morgan fingerprint density at radius 1 is 1.09 bits per heavy atom. The number of aryl methyl sites for hydroxylation is 1. The Morgan fingerprint density at radius 3 is 2.23 bits per heavy atom. The largest absolute Gasteiger partial charge is 0.497 e. The summed E-state index contributed by atoms with van der Waals surface area (Å²) in [6, 6.07) is 6.22. The van der Waals surface area contributed by atoms with Gasteiger partial charge in [-0.25, -0.2) is 0 Å². The van der Waals surface area contributed by atoms with Gasteiger partial charge in [0.2, 0.25) is 5.91 Å². The van der Waals surface area contributed by atoms with Crippen molar-refractivity contribution in [3.63, 3.8) is 0 Å². The van der Waals surface area contributed by atoms with Gasteiger partial charge in [-0.3, -0.25) is 4.79 Å². The number of hydrogen-bond donors (Lipinski definition) is 0. The van der Waals surface area contributed by atoms with Gasteiger partial charge in [0.25, 0.3) is 0 Å². The van der Waals surface area contributed by atoms with Crippen LogP contribution in [0.1, 0.15) is 44.1 Å². The van der Waals surface area contributed by atoms with Gasteiger partial charge in [0.1, 0.15) is 11.5 Å². The molecule has 0 unspecified atom stereocenters. The summed E-state index contributed by atoms with van der Waals surface area (Å²) in [4.78, 5) is 14.3. The molecule has 1 aliphatic rings. The first-order valence-electron chi connectivity index (χ1n) is 8.11. The van der Waals surface area contributed by atoms with Crippen molar-refractivity contribution < 1.29 is 14.3 Å². The molecule has 1 amide bonds. The van der Waals surface area contributed by atoms with Gasteiger partial charge in [-0.1, -0.05) is 19.3 Å². The molecule has 1 aromatic carbocycles. The zero-order valence-electron chi connectivity index (χ0n) is 13.9. The highest BCUT2D eigenvalue weighted by atomic mass is 16.5. The van der Waals surface area contributed by atoms with Crippen LogP contribution >= 0.6 is 0 Å². The van der Waals surface area contributed by atoms with Crippen LogP contribution in [0.5, 0.6) is 11.5 Å². The molecule has 1 fully saturated rings. The molecular weight excluding hydrogens is 278 g/mol. The fraction of sp³-hybridized carbons (Fsp3) is 0.611. The minimum atomic E-state index is 0.230. The molecule has 1 aliphatic carbocycles. The Hall–Kier alpha value is -1.71. The fourth-order valence-electron chi connectivity index (χ4n) is 3.11. The first-order chi connectivity index (χ1) is 10.6. The quantitative estimate of drug-likeness (QED) is 0.808. The lowest BCUT2D eigenvalue weighted by Crippen LogP contribution is -2.38. The first kappa shape index (κ1) is 16.7. The van der Waals surface area contributed by atoms with Crippen LogP contribution < -0.4 is 9.47 Å². The van der Waals surface area contributed by atoms with Crippen LogP contribution in [-0.2, 0) is 11.2 Å². The van der Waals surface area contributed by atoms with Gasteiger partial charge < -0.3 is 14.4 Å². The minimum Gasteiger partial charge on any atom is -0.497 e. The number of methoxy groups -OCH3 is 2. The Bertz CT molecular complexity index is 473. The maximum absolute atomic E-state index is 12.4. The molecule has 0 N–H and O–H groups in total. The van der Waals surface area contributed by atoms with Gasteiger partial charge in [0.15, 0.2) is 0 Å². The highest BCUT2D eigenvalue weighted by Gasteiger charge is 2.21. The van der Waals surface area contributed by atoms with Crippen molar-refractivity contribution >= 4 is 5.91 Å². The van der Waals surface area contributed by atoms with E-state index < -0.39 is 0 Å². The van der Waals surface area contributed by atoms with Crippen molar-refractivity contribution in [2.24, 2.45) is 0 Å². The molecule has 0 aromatic heterocycles. The normalized spacial score (nSPS) is 15.4. The third-order valence-electron chi connectivity index (χ3n) is 4.55. The predicted molar refractivity (Wildman–Crippen MR) is 87.5 cm³/mol. The van der Waals surface area contributed by atoms with Crippen molar-refractivity contribution in [2.45, 2.75) is 51.0 Å². The molecule has 4 nitrogen and oxygen atoms in total. The average molecular weight is 305 g/mol. The molecule has 0 atom stereocenters. The summed E-state index contributed by atoms with van der Waals surface area (Å²) in [5, 5.41) is 0. The molecule has 0 radical (unpaired) electrons. The van der Waals surface area contributed by atoms with Crippen molar-refractivity contribution in [3.05, 3.63) is 23.8 Å². The zero-order valence-corrected chi connectivity index (χ0v) is 13.9. The molecule has 22 heavy (non-hydrogen) atoms. The third kappa shape index (κ3) is 4.39. The summed E-state index contributed by atoms with van der Waals surface area (Å²) in [7, 11) is 5.23. The number of ether oxygens (including phenoxy) is 2. The summed E-state index contributed by atoms with van der Waals surface area (Å²) in [6.45, 7) is 0. The Balaban J connectivity index is 1.92. The summed E-state index contributed by atoms with van der Waals surface area (Å²) in [6.07, 6.45) is 7.34. The average Bonchev–Trinajstić information content (AvgIpc) is 2.59. The van der Waals surface area contributed by atoms with Crippen LogP contribution in [0.3, 0.4) is 0 Å². The molecule has 4 heteroatoms. The molecule has 0 aliphatic heterocycles. The zero-order chi connectivity index (χ0) is 15.9. The van der Waals surface area contributed by atoms with Crippen LogP contribution in [0, 0.1) is 0 Å². The van der Waals surface area contributed by atoms with Gasteiger partial charge >= 0.3 is 0 Å². The lowest BCUT2D eigenvalue weighted by Gasteiger charge is -2.31. The summed E-state index contributed by atoms with van der Waals surface area (Å²) < 4.78 is 10.5. The smallest absolute Gasteiger partial charge is 0.222 e. The van der Waals surface area contributed by atoms with Crippen LogP contribution in [0.15, 0.2) is 18.2 Å². The minimum absolute atomic E-state index is 0.230. The van der Waals surface area contributed by atoms with Crippen LogP contribution in [0.2, 0.25) is 0 Å². The highest BCUT2D eigenvalue weighted by Crippen LogP contribution is 2.25. The lowest BCUT2D eigenvalue weighted by atomic mass is 9.94. The summed E-state index contributed by atoms with van der Waals surface area (Å²) in [5.74, 6) is 1.76. The van der Waals surface area contributed by atoms with E-state index in [0.717, 1.165) is 29.9 Å². The number of nitrogens with zero attached hydrogens (tertiary/aromatic N) is 1. The van der Waals surface area contributed by atoms with Gasteiger partial charge in [0.05, 0.1) is 14.2 Å². The third-order valence-corrected chi connectivity index (χ3v) is 4.55. The number of benzene rings is 1. The molecule has 0 bridgehead atoms. The predicted octanol–water partition coefficient (Wildman–Crippen LogP) is 3.43. The molecule has 0 saturated heterocycles. The van der Waals surface area contributed by atoms with Gasteiger partial charge in [0, 0.05) is 25.6 Å². The monoisotopic (exact) mass is 305 g/mol. The van der Waals surface area contributed by atoms with Crippen molar-refractivity contribution in [3.8, 4) is 11.5 Å². The number of rotatable bonds is 6. The molecule has 122 valence electrons. The van der Waals surface area contributed by atoms with Crippen molar-refractivity contribution in [1.82, 2.24) is 4.90 Å². The topological polar surface area (TPSA) is 38.8 Å². The van der Waals surface area contributed by atoms with Gasteiger partial charge in [-0.05, 0) is 37.0 Å². The van der Waals surface area contributed by atoms with E-state index in [9.17, 15) is 4.79 Å². The van der Waals surface area contributed by atoms with E-state index >= 15 is 0 Å². The first-order valence-corrected chi connectivity index (χ1v) is 8.11. The maximum Gasteiger partial charge on any atom is 0.222 e. The standard InChI is InChI=1S/C18H27NO3/c1-19(15-7-5-4-6-8-15)18(20)10-9-14-11-16(21-2)13-17(12-14)22-3/h11-13,15H,4-10H2,1-3H3. The fourth-order valence-corrected chi connectivity index (χ4v) is 3.11. The summed E-state index contributed by atoms with van der Waals surface area (Å²) >= 11 is 0. The van der Waals surface area contributed by atoms with E-state index in [1.165, 1.54) is 19.3 Å². The van der Waals surface area contributed by atoms with E-state index in [4.69, 9.17) is 9.47 Å². The van der Waals surface area contributed by atoms with E-state index in [1.54, 1.807) is 14.2 Å². The van der Waals surface area contributed by atoms with E-state index in [0.29, 0.717) is 18.9 Å². The van der Waals surface area contributed by atoms with E-state index in [1.807, 2.05) is 30.1 Å². The summed E-state index contributed by atoms with van der Waals surface area (Å²) in [5.41, 5.74) is 1.07.